The van der Waals surface area contributed by atoms with E-state index in [1.807, 2.05) is 0 Å². The first kappa shape index (κ1) is 11.3. The summed E-state index contributed by atoms with van der Waals surface area (Å²) in [5.41, 5.74) is 0. The second kappa shape index (κ2) is 4.40. The van der Waals surface area contributed by atoms with Gasteiger partial charge in [0.1, 0.15) is 0 Å². The van der Waals surface area contributed by atoms with E-state index < -0.39 is 5.97 Å². The third-order valence-electron chi connectivity index (χ3n) is 0.335. The zero-order valence-electron chi connectivity index (χ0n) is 3.26. The molecule has 0 aliphatic rings. The van der Waals surface area contributed by atoms with Crippen molar-refractivity contribution in [2.24, 2.45) is 0 Å². The average Bonchev–Trinajstić information content (AvgIpc) is 1.35. The van der Waals surface area contributed by atoms with Crippen molar-refractivity contribution in [3.63, 3.8) is 0 Å². The van der Waals surface area contributed by atoms with Crippen molar-refractivity contribution in [2.45, 2.75) is 12.4 Å². The van der Waals surface area contributed by atoms with E-state index in [4.69, 9.17) is 15.3 Å². The maximum atomic E-state index is 7.88. The van der Waals surface area contributed by atoms with Crippen LogP contribution >= 0.6 is 0 Å². The topological polar surface area (TPSA) is 60.7 Å². The van der Waals surface area contributed by atoms with E-state index in [1.54, 1.807) is 0 Å². The molecule has 1 radical (unpaired) electrons. The molecule has 0 unspecified atom stereocenters. The molecule has 0 atom stereocenters. The Morgan fingerprint density at radius 2 is 1.43 bits per heavy atom. The first-order valence-corrected chi connectivity index (χ1v) is 1.52. The van der Waals surface area contributed by atoms with Crippen LogP contribution in [-0.2, 0) is 0 Å². The van der Waals surface area contributed by atoms with Gasteiger partial charge in [0.15, 0.2) is 0 Å². The van der Waals surface area contributed by atoms with Crippen LogP contribution in [0.5, 0.6) is 0 Å². The molecule has 0 aromatic heterocycles. The molecule has 0 aliphatic heterocycles. The van der Waals surface area contributed by atoms with E-state index in [2.05, 4.69) is 6.92 Å². The summed E-state index contributed by atoms with van der Waals surface area (Å²) in [6.45, 7) is 3.01. The van der Waals surface area contributed by atoms with Crippen LogP contribution in [0, 0.1) is 6.92 Å². The Labute approximate surface area is 84.8 Å². The molecule has 3 nitrogen and oxygen atoms in total. The van der Waals surface area contributed by atoms with Crippen molar-refractivity contribution >= 4 is 51.4 Å². The molecule has 0 spiro atoms. The molecule has 0 fully saturated rings. The molecular weight excluding hydrogens is 123 g/mol. The van der Waals surface area contributed by atoms with Gasteiger partial charge in [-0.2, -0.15) is 0 Å². The van der Waals surface area contributed by atoms with Crippen molar-refractivity contribution in [1.82, 2.24) is 0 Å². The Morgan fingerprint density at radius 1 is 1.29 bits per heavy atom. The van der Waals surface area contributed by atoms with Gasteiger partial charge in [-0.15, -0.1) is 0 Å². The van der Waals surface area contributed by atoms with Crippen LogP contribution in [0.4, 0.5) is 0 Å². The fourth-order valence-corrected chi connectivity index (χ4v) is 0. The molecule has 4 heteroatoms. The number of hydrogen-bond acceptors (Lipinski definition) is 3. The van der Waals surface area contributed by atoms with Crippen LogP contribution in [0.25, 0.3) is 0 Å². The van der Waals surface area contributed by atoms with Gasteiger partial charge in [0.2, 0.25) is 0 Å². The quantitative estimate of drug-likeness (QED) is 0.290. The molecule has 7 heavy (non-hydrogen) atoms. The van der Waals surface area contributed by atoms with E-state index in [0.29, 0.717) is 0 Å². The molecule has 0 aliphatic carbocycles. The fourth-order valence-electron chi connectivity index (χ4n) is 0. The third-order valence-corrected chi connectivity index (χ3v) is 0.335. The predicted molar refractivity (Wildman–Crippen MR) is 26.5 cm³/mol. The summed E-state index contributed by atoms with van der Waals surface area (Å²) in [6.07, 6.45) is -0.312. The van der Waals surface area contributed by atoms with Gasteiger partial charge in [-0.05, 0) is 6.92 Å². The normalized spacial score (nSPS) is 10.3. The Hall–Kier alpha value is 1.52. The minimum atomic E-state index is -2.57. The van der Waals surface area contributed by atoms with Gasteiger partial charge in [0.05, 0.1) is 0 Å². The van der Waals surface area contributed by atoms with Crippen LogP contribution in [-0.4, -0.2) is 72.7 Å². The molecule has 39 valence electrons. The van der Waals surface area contributed by atoms with Gasteiger partial charge in [-0.1, -0.05) is 0 Å². The Morgan fingerprint density at radius 3 is 1.43 bits per heavy atom. The fraction of sp³-hybridized carbons (Fsp3) is 0.667. The number of aliphatic hydroxyl groups is 3. The van der Waals surface area contributed by atoms with Crippen molar-refractivity contribution in [1.29, 1.82) is 0 Å². The SMILES string of the molecule is [CH2]CC(O)(O)O.[KH]. The minimum absolute atomic E-state index is 0. The molecular formula is C3H8KO3. The summed E-state index contributed by atoms with van der Waals surface area (Å²) in [5.74, 6) is -2.57. The van der Waals surface area contributed by atoms with Crippen molar-refractivity contribution in [3.05, 3.63) is 6.92 Å². The summed E-state index contributed by atoms with van der Waals surface area (Å²) in [5, 5.41) is 23.6. The Bertz CT molecular complexity index is 39.9. The zero-order valence-corrected chi connectivity index (χ0v) is 3.26. The summed E-state index contributed by atoms with van der Waals surface area (Å²) < 4.78 is 0. The van der Waals surface area contributed by atoms with E-state index in [1.165, 1.54) is 0 Å². The predicted octanol–water partition coefficient (Wildman–Crippen LogP) is -1.81. The van der Waals surface area contributed by atoms with E-state index in [9.17, 15) is 0 Å². The van der Waals surface area contributed by atoms with Crippen LogP contribution in [0.2, 0.25) is 0 Å². The maximum absolute atomic E-state index is 7.88. The van der Waals surface area contributed by atoms with Gasteiger partial charge in [0, 0.05) is 6.42 Å². The average molecular weight is 131 g/mol. The molecule has 0 saturated heterocycles. The Kier molecular flexibility index (Phi) is 7.12. The summed E-state index contributed by atoms with van der Waals surface area (Å²) in [7, 11) is 0. The van der Waals surface area contributed by atoms with Gasteiger partial charge in [-0.25, -0.2) is 0 Å². The second-order valence-corrected chi connectivity index (χ2v) is 1.02. The van der Waals surface area contributed by atoms with Crippen molar-refractivity contribution in [3.8, 4) is 0 Å². The monoisotopic (exact) mass is 131 g/mol. The van der Waals surface area contributed by atoms with Gasteiger partial charge >= 0.3 is 51.4 Å². The van der Waals surface area contributed by atoms with Gasteiger partial charge < -0.3 is 15.3 Å². The first-order chi connectivity index (χ1) is 2.56. The molecule has 0 aromatic rings. The summed E-state index contributed by atoms with van der Waals surface area (Å²) >= 11 is 0. The molecule has 0 saturated carbocycles. The van der Waals surface area contributed by atoms with Crippen LogP contribution in [0.15, 0.2) is 0 Å². The summed E-state index contributed by atoms with van der Waals surface area (Å²) in [6, 6.07) is 0. The van der Waals surface area contributed by atoms with E-state index in [0.717, 1.165) is 0 Å². The van der Waals surface area contributed by atoms with Gasteiger partial charge in [0.25, 0.3) is 5.97 Å². The van der Waals surface area contributed by atoms with E-state index in [-0.39, 0.29) is 57.8 Å². The van der Waals surface area contributed by atoms with Crippen LogP contribution < -0.4 is 0 Å². The molecule has 0 amide bonds. The van der Waals surface area contributed by atoms with Gasteiger partial charge in [-0.3, -0.25) is 0 Å². The Balaban J connectivity index is 0. The molecule has 0 heterocycles. The molecule has 0 aromatic carbocycles. The summed E-state index contributed by atoms with van der Waals surface area (Å²) in [4.78, 5) is 0. The number of hydrogen-bond donors (Lipinski definition) is 3. The van der Waals surface area contributed by atoms with E-state index >= 15 is 0 Å². The van der Waals surface area contributed by atoms with Crippen molar-refractivity contribution < 1.29 is 15.3 Å². The van der Waals surface area contributed by atoms with Crippen LogP contribution in [0.3, 0.4) is 0 Å². The number of rotatable bonds is 1. The molecule has 0 bridgehead atoms. The zero-order chi connectivity index (χ0) is 5.21. The van der Waals surface area contributed by atoms with Crippen LogP contribution in [0.1, 0.15) is 6.42 Å². The molecule has 0 rings (SSSR count). The molecule has 3 N–H and O–H groups in total. The first-order valence-electron chi connectivity index (χ1n) is 1.52. The third kappa shape index (κ3) is 11.2. The van der Waals surface area contributed by atoms with Crippen molar-refractivity contribution in [2.75, 3.05) is 0 Å². The standard InChI is InChI=1S/C3H7O3.K.H/c1-2-3(4,5)6;;/h4-6H,1-2H2;;. The second-order valence-electron chi connectivity index (χ2n) is 1.02.